The third-order valence-corrected chi connectivity index (χ3v) is 9.52. The first-order valence-electron chi connectivity index (χ1n) is 15.8. The molecule has 0 unspecified atom stereocenters. The van der Waals surface area contributed by atoms with Crippen molar-refractivity contribution in [1.82, 2.24) is 10.1 Å². The predicted molar refractivity (Wildman–Crippen MR) is 158 cm³/mol. The molecule has 38 heavy (non-hydrogen) atoms. The van der Waals surface area contributed by atoms with Gasteiger partial charge in [0.2, 0.25) is 11.7 Å². The smallest absolute Gasteiger partial charge is 0.230 e. The predicted octanol–water partition coefficient (Wildman–Crippen LogP) is 10.7. The topological polar surface area (TPSA) is 38.9 Å². The summed E-state index contributed by atoms with van der Waals surface area (Å²) < 4.78 is 5.73. The van der Waals surface area contributed by atoms with E-state index in [2.05, 4.69) is 67.5 Å². The van der Waals surface area contributed by atoms with Crippen LogP contribution in [0.1, 0.15) is 133 Å². The Labute approximate surface area is 230 Å². The standard InChI is InChI=1S/C35H48N2O/c1-3-5-7-9-27-10-14-28(15-11-27)29-18-20-30(21-19-29)31-22-24-32(25-23-31)34-36-35(38-37-34)33-16-12-26(13-17-33)8-6-4-2/h18-28,33H,3-17H2,1-2H3. The van der Waals surface area contributed by atoms with Crippen molar-refractivity contribution in [3.63, 3.8) is 0 Å². The van der Waals surface area contributed by atoms with Crippen LogP contribution in [0.4, 0.5) is 0 Å². The molecular formula is C35H48N2O. The Kier molecular flexibility index (Phi) is 9.71. The summed E-state index contributed by atoms with van der Waals surface area (Å²) in [6, 6.07) is 18.0. The number of aromatic nitrogens is 2. The number of hydrogen-bond acceptors (Lipinski definition) is 3. The zero-order chi connectivity index (χ0) is 26.2. The molecule has 0 aliphatic heterocycles. The van der Waals surface area contributed by atoms with Gasteiger partial charge in [0.25, 0.3) is 0 Å². The number of hydrogen-bond donors (Lipinski definition) is 0. The maximum absolute atomic E-state index is 5.73. The van der Waals surface area contributed by atoms with Gasteiger partial charge in [0, 0.05) is 11.5 Å². The number of benzene rings is 2. The minimum Gasteiger partial charge on any atom is -0.339 e. The average molecular weight is 513 g/mol. The van der Waals surface area contributed by atoms with E-state index in [0.717, 1.165) is 35.0 Å². The van der Waals surface area contributed by atoms with E-state index in [4.69, 9.17) is 9.51 Å². The van der Waals surface area contributed by atoms with Gasteiger partial charge in [0.15, 0.2) is 0 Å². The Hall–Kier alpha value is -2.42. The summed E-state index contributed by atoms with van der Waals surface area (Å²) in [4.78, 5) is 4.81. The summed E-state index contributed by atoms with van der Waals surface area (Å²) in [7, 11) is 0. The van der Waals surface area contributed by atoms with Crippen LogP contribution in [0.15, 0.2) is 53.1 Å². The maximum atomic E-state index is 5.73. The van der Waals surface area contributed by atoms with E-state index in [1.165, 1.54) is 113 Å². The van der Waals surface area contributed by atoms with Gasteiger partial charge in [-0.3, -0.25) is 0 Å². The van der Waals surface area contributed by atoms with Crippen LogP contribution in [-0.4, -0.2) is 10.1 Å². The first-order valence-corrected chi connectivity index (χ1v) is 15.8. The van der Waals surface area contributed by atoms with Gasteiger partial charge < -0.3 is 4.52 Å². The number of rotatable bonds is 11. The van der Waals surface area contributed by atoms with Crippen LogP contribution in [0.5, 0.6) is 0 Å². The molecule has 3 heteroatoms. The van der Waals surface area contributed by atoms with Crippen LogP contribution in [0, 0.1) is 11.8 Å². The maximum Gasteiger partial charge on any atom is 0.230 e. The van der Waals surface area contributed by atoms with Crippen molar-refractivity contribution >= 4 is 0 Å². The van der Waals surface area contributed by atoms with Crippen molar-refractivity contribution in [3.05, 3.63) is 60.0 Å². The molecule has 2 saturated carbocycles. The highest BCUT2D eigenvalue weighted by atomic mass is 16.5. The summed E-state index contributed by atoms with van der Waals surface area (Å²) in [5, 5.41) is 4.34. The quantitative estimate of drug-likeness (QED) is 0.240. The van der Waals surface area contributed by atoms with E-state index >= 15 is 0 Å². The number of nitrogens with zero attached hydrogens (tertiary/aromatic N) is 2. The molecular weight excluding hydrogens is 464 g/mol. The van der Waals surface area contributed by atoms with Crippen LogP contribution in [-0.2, 0) is 0 Å². The van der Waals surface area contributed by atoms with Crippen molar-refractivity contribution < 1.29 is 4.52 Å². The van der Waals surface area contributed by atoms with E-state index in [1.54, 1.807) is 0 Å². The zero-order valence-electron chi connectivity index (χ0n) is 23.8. The third-order valence-electron chi connectivity index (χ3n) is 9.52. The Morgan fingerprint density at radius 1 is 0.605 bits per heavy atom. The first kappa shape index (κ1) is 27.2. The molecule has 0 amide bonds. The monoisotopic (exact) mass is 512 g/mol. The lowest BCUT2D eigenvalue weighted by Gasteiger charge is -2.29. The van der Waals surface area contributed by atoms with Crippen molar-refractivity contribution in [2.45, 2.75) is 122 Å². The Bertz CT molecular complexity index is 1080. The molecule has 5 rings (SSSR count). The van der Waals surface area contributed by atoms with Crippen molar-refractivity contribution in [3.8, 4) is 22.5 Å². The highest BCUT2D eigenvalue weighted by molar-refractivity contribution is 5.67. The van der Waals surface area contributed by atoms with E-state index < -0.39 is 0 Å². The molecule has 1 aromatic heterocycles. The van der Waals surface area contributed by atoms with E-state index in [9.17, 15) is 0 Å². The van der Waals surface area contributed by atoms with Crippen molar-refractivity contribution in [2.24, 2.45) is 11.8 Å². The molecule has 0 radical (unpaired) electrons. The fraction of sp³-hybridized carbons (Fsp3) is 0.600. The van der Waals surface area contributed by atoms with Crippen LogP contribution in [0.2, 0.25) is 0 Å². The Balaban J connectivity index is 1.14. The van der Waals surface area contributed by atoms with Gasteiger partial charge in [-0.25, -0.2) is 0 Å². The molecule has 0 N–H and O–H groups in total. The zero-order valence-corrected chi connectivity index (χ0v) is 23.8. The molecule has 0 atom stereocenters. The van der Waals surface area contributed by atoms with Crippen LogP contribution < -0.4 is 0 Å². The molecule has 2 aliphatic carbocycles. The van der Waals surface area contributed by atoms with E-state index in [0.29, 0.717) is 5.92 Å². The summed E-state index contributed by atoms with van der Waals surface area (Å²) >= 11 is 0. The van der Waals surface area contributed by atoms with Crippen LogP contribution in [0.25, 0.3) is 22.5 Å². The van der Waals surface area contributed by atoms with E-state index in [-0.39, 0.29) is 0 Å². The largest absolute Gasteiger partial charge is 0.339 e. The fourth-order valence-electron chi connectivity index (χ4n) is 6.94. The summed E-state index contributed by atoms with van der Waals surface area (Å²) in [6.07, 6.45) is 20.2. The summed E-state index contributed by atoms with van der Waals surface area (Å²) in [5.41, 5.74) is 5.08. The molecule has 1 heterocycles. The number of unbranched alkanes of at least 4 members (excludes halogenated alkanes) is 3. The molecule has 0 bridgehead atoms. The van der Waals surface area contributed by atoms with Gasteiger partial charge in [-0.1, -0.05) is 112 Å². The molecule has 204 valence electrons. The van der Waals surface area contributed by atoms with Gasteiger partial charge in [-0.15, -0.1) is 0 Å². The second kappa shape index (κ2) is 13.6. The lowest BCUT2D eigenvalue weighted by Crippen LogP contribution is -2.13. The molecule has 2 aliphatic rings. The molecule has 0 saturated heterocycles. The summed E-state index contributed by atoms with van der Waals surface area (Å²) in [5.74, 6) is 4.60. The Morgan fingerprint density at radius 2 is 1.13 bits per heavy atom. The highest BCUT2D eigenvalue weighted by Crippen LogP contribution is 2.39. The summed E-state index contributed by atoms with van der Waals surface area (Å²) in [6.45, 7) is 4.59. The van der Waals surface area contributed by atoms with Gasteiger partial charge in [-0.2, -0.15) is 4.98 Å². The lowest BCUT2D eigenvalue weighted by molar-refractivity contribution is 0.260. The van der Waals surface area contributed by atoms with Crippen molar-refractivity contribution in [2.75, 3.05) is 0 Å². The van der Waals surface area contributed by atoms with Gasteiger partial charge in [-0.05, 0) is 85.8 Å². The molecule has 3 aromatic rings. The SMILES string of the molecule is CCCCCC1CCC(c2ccc(-c3ccc(-c4noc(C5CCC(CCCC)CC5)n4)cc3)cc2)CC1. The van der Waals surface area contributed by atoms with Crippen LogP contribution in [0.3, 0.4) is 0 Å². The lowest BCUT2D eigenvalue weighted by atomic mass is 9.77. The van der Waals surface area contributed by atoms with Gasteiger partial charge in [0.05, 0.1) is 0 Å². The Morgan fingerprint density at radius 3 is 1.74 bits per heavy atom. The second-order valence-electron chi connectivity index (χ2n) is 12.2. The normalized spacial score (nSPS) is 23.9. The first-order chi connectivity index (χ1) is 18.7. The van der Waals surface area contributed by atoms with E-state index in [1.807, 2.05) is 0 Å². The van der Waals surface area contributed by atoms with Crippen molar-refractivity contribution in [1.29, 1.82) is 0 Å². The minimum atomic E-state index is 0.433. The molecule has 2 aromatic carbocycles. The molecule has 2 fully saturated rings. The highest BCUT2D eigenvalue weighted by Gasteiger charge is 2.26. The molecule has 3 nitrogen and oxygen atoms in total. The average Bonchev–Trinajstić information content (AvgIpc) is 3.48. The molecule has 0 spiro atoms. The van der Waals surface area contributed by atoms with Gasteiger partial charge >= 0.3 is 0 Å². The second-order valence-corrected chi connectivity index (χ2v) is 12.2. The fourth-order valence-corrected chi connectivity index (χ4v) is 6.94. The van der Waals surface area contributed by atoms with Crippen LogP contribution >= 0.6 is 0 Å². The third kappa shape index (κ3) is 6.96. The van der Waals surface area contributed by atoms with Gasteiger partial charge in [0.1, 0.15) is 0 Å². The minimum absolute atomic E-state index is 0.433.